The minimum atomic E-state index is -0.626. The number of hydrogen-bond acceptors (Lipinski definition) is 12. The minimum absolute atomic E-state index is 0.00134. The Balaban J connectivity index is 1.32. The van der Waals surface area contributed by atoms with Gasteiger partial charge in [-0.1, -0.05) is 36.4 Å². The number of carbonyl (C=O) groups is 1. The highest BCUT2D eigenvalue weighted by molar-refractivity contribution is 7.99. The number of esters is 1. The lowest BCUT2D eigenvalue weighted by molar-refractivity contribution is -0.151. The Kier molecular flexibility index (Phi) is 7.64. The maximum Gasteiger partial charge on any atom is 0.324 e. The fraction of sp³-hybridized carbons (Fsp3) is 0.444. The molecule has 48 heavy (non-hydrogen) atoms. The first-order chi connectivity index (χ1) is 23.2. The van der Waals surface area contributed by atoms with Crippen LogP contribution in [0.4, 0.5) is 0 Å². The number of methoxy groups -OCH3 is 1. The number of phenolic OH excluding ortho intramolecular Hbond substituents is 2. The fourth-order valence-corrected chi connectivity index (χ4v) is 10.2. The van der Waals surface area contributed by atoms with Crippen molar-refractivity contribution in [2.45, 2.75) is 68.3 Å². The molecule has 12 heteroatoms. The molecule has 0 aliphatic carbocycles. The Morgan fingerprint density at radius 1 is 1.08 bits per heavy atom. The topological polar surface area (TPSA) is 137 Å². The minimum Gasteiger partial charge on any atom is -0.507 e. The van der Waals surface area contributed by atoms with Crippen LogP contribution in [0.5, 0.6) is 28.7 Å². The summed E-state index contributed by atoms with van der Waals surface area (Å²) in [6.07, 6.45) is 0.543. The molecule has 3 aromatic carbocycles. The molecule has 0 spiro atoms. The Labute approximate surface area is 283 Å². The summed E-state index contributed by atoms with van der Waals surface area (Å²) in [7, 11) is 3.57. The number of phenols is 2. The molecule has 0 aromatic heterocycles. The third kappa shape index (κ3) is 4.48. The second-order valence-corrected chi connectivity index (χ2v) is 14.4. The predicted octanol–water partition coefficient (Wildman–Crippen LogP) is 4.17. The average molecular weight is 671 g/mol. The van der Waals surface area contributed by atoms with Crippen molar-refractivity contribution in [3.05, 3.63) is 75.3 Å². The number of aryl methyl sites for hydroxylation is 1. The van der Waals surface area contributed by atoms with Crippen LogP contribution in [0.1, 0.15) is 56.3 Å². The standard InChI is InChI=1S/C36H38N4O7S/c1-17-10-20-11-22-23(12-37)40-24-14-45-36(43)21(38-13-19-8-6-5-7-9-19)15-48-35(27-26(24)34-33(46-16-47-34)18(2)30(27)41)29(40)28(39(22)3)25(20)31(42)32(17)44-4/h5-10,21-24,28-29,35,38,41-42H,11,13-16H2,1-4H3/t21-,22-,23-,24-,28+,29?,35+/m0/s1. The zero-order chi connectivity index (χ0) is 33.4. The lowest BCUT2D eigenvalue weighted by Gasteiger charge is -2.61. The van der Waals surface area contributed by atoms with Crippen LogP contribution < -0.4 is 19.5 Å². The molecule has 7 atom stereocenters. The SMILES string of the molecule is COc1c(C)cc2c(c1O)[C@@H]1C3[C@@H]4SC[C@H](NCc5ccccc5)C(=O)OC[C@@H](c5c6c(c(C)c(O)c54)OCO6)N3[C@@H](C#N)[C@H](C2)N1C. The van der Waals surface area contributed by atoms with E-state index in [4.69, 9.17) is 18.9 Å². The van der Waals surface area contributed by atoms with Gasteiger partial charge in [0.1, 0.15) is 24.4 Å². The van der Waals surface area contributed by atoms with E-state index in [-0.39, 0.29) is 43.0 Å². The van der Waals surface area contributed by atoms with E-state index in [1.54, 1.807) is 18.9 Å². The Morgan fingerprint density at radius 2 is 1.85 bits per heavy atom. The van der Waals surface area contributed by atoms with Gasteiger partial charge in [-0.15, -0.1) is 11.8 Å². The number of hydrogen-bond donors (Lipinski definition) is 3. The number of ether oxygens (including phenoxy) is 4. The number of thioether (sulfide) groups is 1. The van der Waals surface area contributed by atoms with Gasteiger partial charge in [-0.25, -0.2) is 0 Å². The number of nitriles is 1. The van der Waals surface area contributed by atoms with Crippen molar-refractivity contribution in [3.8, 4) is 34.8 Å². The highest BCUT2D eigenvalue weighted by Crippen LogP contribution is 2.63. The van der Waals surface area contributed by atoms with Gasteiger partial charge in [0.15, 0.2) is 23.0 Å². The van der Waals surface area contributed by atoms with Crippen LogP contribution in [0.15, 0.2) is 36.4 Å². The summed E-state index contributed by atoms with van der Waals surface area (Å²) < 4.78 is 23.8. The predicted molar refractivity (Wildman–Crippen MR) is 177 cm³/mol. The monoisotopic (exact) mass is 670 g/mol. The van der Waals surface area contributed by atoms with Gasteiger partial charge in [0.05, 0.1) is 30.5 Å². The van der Waals surface area contributed by atoms with Crippen LogP contribution in [0.3, 0.4) is 0 Å². The summed E-state index contributed by atoms with van der Waals surface area (Å²) >= 11 is 1.54. The number of nitrogens with one attached hydrogen (secondary N) is 1. The van der Waals surface area contributed by atoms with Crippen molar-refractivity contribution in [1.29, 1.82) is 5.26 Å². The van der Waals surface area contributed by atoms with Crippen LogP contribution in [0.25, 0.3) is 0 Å². The number of benzene rings is 3. The second kappa shape index (κ2) is 11.8. The van der Waals surface area contributed by atoms with Gasteiger partial charge in [0.2, 0.25) is 6.79 Å². The summed E-state index contributed by atoms with van der Waals surface area (Å²) in [6.45, 7) is 4.16. The molecule has 0 saturated carbocycles. The number of carbonyl (C=O) groups excluding carboxylic acids is 1. The quantitative estimate of drug-likeness (QED) is 0.344. The Bertz CT molecular complexity index is 1850. The van der Waals surface area contributed by atoms with E-state index in [0.717, 1.165) is 22.3 Å². The van der Waals surface area contributed by atoms with Gasteiger partial charge < -0.3 is 29.2 Å². The van der Waals surface area contributed by atoms with E-state index in [9.17, 15) is 20.3 Å². The third-order valence-corrected chi connectivity index (χ3v) is 12.2. The Hall–Kier alpha value is -4.15. The zero-order valence-electron chi connectivity index (χ0n) is 27.2. The van der Waals surface area contributed by atoms with Crippen molar-refractivity contribution in [1.82, 2.24) is 15.1 Å². The normalized spacial score (nSPS) is 28.9. The number of fused-ring (bicyclic) bond motifs is 10. The van der Waals surface area contributed by atoms with Crippen molar-refractivity contribution in [3.63, 3.8) is 0 Å². The van der Waals surface area contributed by atoms with Crippen LogP contribution in [-0.2, 0) is 22.5 Å². The lowest BCUT2D eigenvalue weighted by Crippen LogP contribution is -2.69. The van der Waals surface area contributed by atoms with E-state index in [2.05, 4.69) is 27.3 Å². The lowest BCUT2D eigenvalue weighted by atomic mass is 9.71. The molecule has 9 rings (SSSR count). The molecule has 0 amide bonds. The first-order valence-electron chi connectivity index (χ1n) is 16.2. The zero-order valence-corrected chi connectivity index (χ0v) is 28.0. The van der Waals surface area contributed by atoms with Crippen molar-refractivity contribution in [2.75, 3.05) is 33.3 Å². The third-order valence-electron chi connectivity index (χ3n) is 10.8. The van der Waals surface area contributed by atoms with Crippen molar-refractivity contribution >= 4 is 17.7 Å². The van der Waals surface area contributed by atoms with Gasteiger partial charge in [0.25, 0.3) is 0 Å². The molecular weight excluding hydrogens is 632 g/mol. The van der Waals surface area contributed by atoms with E-state index in [0.29, 0.717) is 52.7 Å². The summed E-state index contributed by atoms with van der Waals surface area (Å²) in [5.41, 5.74) is 5.58. The molecular formula is C36H38N4O7S. The van der Waals surface area contributed by atoms with Gasteiger partial charge in [-0.2, -0.15) is 5.26 Å². The number of likely N-dealkylation sites (N-methyl/N-ethyl adjacent to an activating group) is 1. The fourth-order valence-electron chi connectivity index (χ4n) is 8.69. The molecule has 3 N–H and O–H groups in total. The highest BCUT2D eigenvalue weighted by Gasteiger charge is 2.60. The molecule has 3 aromatic rings. The van der Waals surface area contributed by atoms with Crippen molar-refractivity contribution in [2.24, 2.45) is 0 Å². The maximum absolute atomic E-state index is 13.7. The van der Waals surface area contributed by atoms with Gasteiger partial charge >= 0.3 is 5.97 Å². The molecule has 4 bridgehead atoms. The number of piperazine rings is 1. The molecule has 2 fully saturated rings. The van der Waals surface area contributed by atoms with Crippen LogP contribution >= 0.6 is 11.8 Å². The molecule has 11 nitrogen and oxygen atoms in total. The smallest absolute Gasteiger partial charge is 0.324 e. The number of aromatic hydroxyl groups is 2. The molecule has 1 unspecified atom stereocenters. The first-order valence-corrected chi connectivity index (χ1v) is 17.3. The van der Waals surface area contributed by atoms with Crippen LogP contribution in [0.2, 0.25) is 0 Å². The molecule has 0 radical (unpaired) electrons. The molecule has 2 saturated heterocycles. The first kappa shape index (κ1) is 31.1. The van der Waals surface area contributed by atoms with Gasteiger partial charge in [-0.3, -0.25) is 19.9 Å². The van der Waals surface area contributed by atoms with E-state index in [1.807, 2.05) is 51.2 Å². The average Bonchev–Trinajstić information content (AvgIpc) is 3.57. The highest BCUT2D eigenvalue weighted by atomic mass is 32.2. The van der Waals surface area contributed by atoms with Gasteiger partial charge in [0, 0.05) is 46.6 Å². The van der Waals surface area contributed by atoms with E-state index < -0.39 is 29.4 Å². The maximum atomic E-state index is 13.7. The van der Waals surface area contributed by atoms with Gasteiger partial charge in [-0.05, 0) is 44.0 Å². The van der Waals surface area contributed by atoms with Crippen LogP contribution in [0, 0.1) is 25.2 Å². The van der Waals surface area contributed by atoms with Crippen LogP contribution in [-0.4, -0.2) is 83.5 Å². The summed E-state index contributed by atoms with van der Waals surface area (Å²) in [5.74, 6) is 1.58. The van der Waals surface area contributed by atoms with Crippen molar-refractivity contribution < 1.29 is 34.0 Å². The van der Waals surface area contributed by atoms with E-state index >= 15 is 0 Å². The summed E-state index contributed by atoms with van der Waals surface area (Å²) in [4.78, 5) is 18.1. The van der Waals surface area contributed by atoms with E-state index in [1.165, 1.54) is 0 Å². The summed E-state index contributed by atoms with van der Waals surface area (Å²) in [6, 6.07) is 11.7. The molecule has 250 valence electrons. The molecule has 6 aliphatic rings. The second-order valence-electron chi connectivity index (χ2n) is 13.2. The Morgan fingerprint density at radius 3 is 2.60 bits per heavy atom. The molecule has 6 heterocycles. The number of rotatable bonds is 4. The molecule has 6 aliphatic heterocycles. The largest absolute Gasteiger partial charge is 0.507 e. The summed E-state index contributed by atoms with van der Waals surface area (Å²) in [5, 5.41) is 37.7. The number of nitrogens with zero attached hydrogens (tertiary/aromatic N) is 3.